The molecule has 0 fully saturated rings. The Morgan fingerprint density at radius 2 is 2.38 bits per heavy atom. The molecule has 0 aromatic heterocycles. The summed E-state index contributed by atoms with van der Waals surface area (Å²) in [4.78, 5) is 12.8. The van der Waals surface area contributed by atoms with E-state index in [-0.39, 0.29) is 0 Å². The molecule has 0 aliphatic rings. The van der Waals surface area contributed by atoms with Crippen molar-refractivity contribution in [2.45, 2.75) is 0 Å². The molecule has 0 aromatic carbocycles. The van der Waals surface area contributed by atoms with E-state index in [9.17, 15) is 4.79 Å². The first kappa shape index (κ1) is 6.59. The van der Waals surface area contributed by atoms with Gasteiger partial charge in [-0.25, -0.2) is 4.79 Å². The highest BCUT2D eigenvalue weighted by Gasteiger charge is 2.07. The number of hydrogen-bond donors (Lipinski definition) is 2. The summed E-state index contributed by atoms with van der Waals surface area (Å²) in [5.41, 5.74) is -0.924. The van der Waals surface area contributed by atoms with Crippen molar-refractivity contribution in [1.29, 1.82) is 10.7 Å². The fourth-order valence-corrected chi connectivity index (χ4v) is 0.0913. The highest BCUT2D eigenvalue weighted by Crippen LogP contribution is 1.73. The average Bonchev–Trinajstić information content (AvgIpc) is 1.84. The van der Waals surface area contributed by atoms with Crippen LogP contribution >= 0.6 is 0 Å². The van der Waals surface area contributed by atoms with Crippen LogP contribution in [-0.4, -0.2) is 16.9 Å². The summed E-state index contributed by atoms with van der Waals surface area (Å²) in [5.74, 6) is -1.34. The second-order valence-corrected chi connectivity index (χ2v) is 0.866. The Bertz CT molecular complexity index is 156. The zero-order valence-electron chi connectivity index (χ0n) is 3.71. The summed E-state index contributed by atoms with van der Waals surface area (Å²) in [6.45, 7) is 0. The van der Waals surface area contributed by atoms with Crippen LogP contribution in [0.15, 0.2) is 0 Å². The van der Waals surface area contributed by atoms with Gasteiger partial charge in [0.05, 0.1) is 0 Å². The third kappa shape index (κ3) is 1.36. The number of nitrogens with one attached hydrogen (secondary N) is 1. The average molecular weight is 114 g/mol. The van der Waals surface area contributed by atoms with Crippen molar-refractivity contribution in [3.05, 3.63) is 0 Å². The lowest BCUT2D eigenvalue weighted by Gasteiger charge is -1.84. The largest absolute Gasteiger partial charge is 0.401 e. The van der Waals surface area contributed by atoms with Crippen LogP contribution in [0.4, 0.5) is 0 Å². The van der Waals surface area contributed by atoms with Gasteiger partial charge in [0.25, 0.3) is 0 Å². The van der Waals surface area contributed by atoms with E-state index in [0.717, 1.165) is 6.07 Å². The monoisotopic (exact) mass is 114 g/mol. The maximum Gasteiger partial charge on any atom is 0.401 e. The van der Waals surface area contributed by atoms with Crippen LogP contribution < -0.4 is 0 Å². The van der Waals surface area contributed by atoms with Gasteiger partial charge in [0.1, 0.15) is 6.07 Å². The van der Waals surface area contributed by atoms with Gasteiger partial charge in [0, 0.05) is 0 Å². The highest BCUT2D eigenvalue weighted by atomic mass is 17.1. The first-order chi connectivity index (χ1) is 3.72. The number of carbonyl (C=O) groups is 1. The third-order valence-electron chi connectivity index (χ3n) is 0.399. The third-order valence-corrected chi connectivity index (χ3v) is 0.399. The molecule has 5 heteroatoms. The van der Waals surface area contributed by atoms with Gasteiger partial charge in [-0.15, -0.1) is 0 Å². The van der Waals surface area contributed by atoms with E-state index in [0.29, 0.717) is 0 Å². The first-order valence-corrected chi connectivity index (χ1v) is 1.56. The van der Waals surface area contributed by atoms with Gasteiger partial charge in [-0.3, -0.25) is 10.3 Å². The van der Waals surface area contributed by atoms with Crippen molar-refractivity contribution < 1.29 is 14.9 Å². The summed E-state index contributed by atoms with van der Waals surface area (Å²) >= 11 is 0. The van der Waals surface area contributed by atoms with Crippen LogP contribution in [0.2, 0.25) is 0 Å². The lowest BCUT2D eigenvalue weighted by Crippen LogP contribution is -2.11. The molecule has 0 saturated heterocycles. The van der Waals surface area contributed by atoms with E-state index in [2.05, 4.69) is 4.89 Å². The van der Waals surface area contributed by atoms with Crippen LogP contribution in [0.1, 0.15) is 0 Å². The fourth-order valence-electron chi connectivity index (χ4n) is 0.0913. The predicted molar refractivity (Wildman–Crippen MR) is 22.1 cm³/mol. The zero-order valence-corrected chi connectivity index (χ0v) is 3.71. The SMILES string of the molecule is N#CC(=N)C(=O)OO. The van der Waals surface area contributed by atoms with Gasteiger partial charge >= 0.3 is 5.97 Å². The number of nitrogens with zero attached hydrogens (tertiary/aromatic N) is 1. The maximum absolute atomic E-state index is 9.82. The quantitative estimate of drug-likeness (QED) is 0.274. The highest BCUT2D eigenvalue weighted by molar-refractivity contribution is 6.41. The molecule has 0 atom stereocenters. The lowest BCUT2D eigenvalue weighted by atomic mass is 10.4. The van der Waals surface area contributed by atoms with E-state index in [1.165, 1.54) is 0 Å². The molecule has 0 heterocycles. The smallest absolute Gasteiger partial charge is 0.293 e. The van der Waals surface area contributed by atoms with Crippen molar-refractivity contribution in [1.82, 2.24) is 0 Å². The van der Waals surface area contributed by atoms with Crippen LogP contribution in [0.5, 0.6) is 0 Å². The molecule has 42 valence electrons. The summed E-state index contributed by atoms with van der Waals surface area (Å²) in [6, 6.07) is 1.16. The Hall–Kier alpha value is -1.41. The molecule has 0 aromatic rings. The van der Waals surface area contributed by atoms with Gasteiger partial charge < -0.3 is 0 Å². The van der Waals surface area contributed by atoms with Gasteiger partial charge in [-0.1, -0.05) is 0 Å². The Kier molecular flexibility index (Phi) is 2.23. The zero-order chi connectivity index (χ0) is 6.57. The van der Waals surface area contributed by atoms with Crippen molar-refractivity contribution in [3.8, 4) is 6.07 Å². The van der Waals surface area contributed by atoms with Crippen molar-refractivity contribution in [3.63, 3.8) is 0 Å². The number of nitriles is 1. The minimum absolute atomic E-state index is 0.924. The van der Waals surface area contributed by atoms with E-state index in [1.807, 2.05) is 0 Å². The second kappa shape index (κ2) is 2.71. The second-order valence-electron chi connectivity index (χ2n) is 0.866. The van der Waals surface area contributed by atoms with Crippen LogP contribution in [0, 0.1) is 16.7 Å². The molecular weight excluding hydrogens is 112 g/mol. The summed E-state index contributed by atoms with van der Waals surface area (Å²) in [5, 5.41) is 21.6. The molecule has 0 saturated carbocycles. The van der Waals surface area contributed by atoms with Crippen molar-refractivity contribution in [2.24, 2.45) is 0 Å². The molecule has 0 unspecified atom stereocenters. The van der Waals surface area contributed by atoms with Gasteiger partial charge in [-0.2, -0.15) is 10.5 Å². The molecule has 0 rings (SSSR count). The van der Waals surface area contributed by atoms with E-state index >= 15 is 0 Å². The molecule has 8 heavy (non-hydrogen) atoms. The number of rotatable bonds is 1. The molecule has 0 radical (unpaired) electrons. The molecule has 0 bridgehead atoms. The Balaban J connectivity index is 3.89. The molecule has 0 amide bonds. The number of hydrogen-bond acceptors (Lipinski definition) is 5. The summed E-state index contributed by atoms with van der Waals surface area (Å²) in [6.07, 6.45) is 0. The van der Waals surface area contributed by atoms with Crippen LogP contribution in [-0.2, 0) is 9.68 Å². The van der Waals surface area contributed by atoms with Crippen molar-refractivity contribution in [2.75, 3.05) is 0 Å². The standard InChI is InChI=1S/C3H2N2O3/c4-1-2(5)3(6)8-7/h5,7H. The maximum atomic E-state index is 9.82. The minimum Gasteiger partial charge on any atom is -0.293 e. The molecule has 5 nitrogen and oxygen atoms in total. The summed E-state index contributed by atoms with van der Waals surface area (Å²) in [7, 11) is 0. The lowest BCUT2D eigenvalue weighted by molar-refractivity contribution is -0.225. The fraction of sp³-hybridized carbons (Fsp3) is 0. The minimum atomic E-state index is -1.34. The molecule has 0 aliphatic carbocycles. The first-order valence-electron chi connectivity index (χ1n) is 1.56. The molecule has 0 aliphatic heterocycles. The van der Waals surface area contributed by atoms with Gasteiger partial charge in [-0.05, 0) is 0 Å². The van der Waals surface area contributed by atoms with Crippen molar-refractivity contribution >= 4 is 11.7 Å². The van der Waals surface area contributed by atoms with Crippen LogP contribution in [0.25, 0.3) is 0 Å². The predicted octanol–water partition coefficient (Wildman–Crippen LogP) is -0.454. The number of carbonyl (C=O) groups excluding carboxylic acids is 1. The molecule has 0 spiro atoms. The van der Waals surface area contributed by atoms with E-state index in [4.69, 9.17) is 15.9 Å². The Labute approximate surface area is 44.5 Å². The van der Waals surface area contributed by atoms with E-state index < -0.39 is 11.7 Å². The van der Waals surface area contributed by atoms with Gasteiger partial charge in [0.15, 0.2) is 0 Å². The normalized spacial score (nSPS) is 7.00. The van der Waals surface area contributed by atoms with E-state index in [1.54, 1.807) is 0 Å². The summed E-state index contributed by atoms with van der Waals surface area (Å²) < 4.78 is 0. The van der Waals surface area contributed by atoms with Crippen LogP contribution in [0.3, 0.4) is 0 Å². The Morgan fingerprint density at radius 1 is 1.88 bits per heavy atom. The van der Waals surface area contributed by atoms with Gasteiger partial charge in [0.2, 0.25) is 5.71 Å². The Morgan fingerprint density at radius 3 is 2.50 bits per heavy atom. The molecular formula is C3H2N2O3. The topological polar surface area (TPSA) is 94.2 Å². The molecule has 2 N–H and O–H groups in total.